The molecule has 2 aromatic heterocycles. The average molecular weight is 225 g/mol. The molecule has 0 aliphatic heterocycles. The summed E-state index contributed by atoms with van der Waals surface area (Å²) >= 11 is 0. The summed E-state index contributed by atoms with van der Waals surface area (Å²) in [6.07, 6.45) is 1.96. The number of aryl methyl sites for hydroxylation is 1. The summed E-state index contributed by atoms with van der Waals surface area (Å²) in [6, 6.07) is 11.4. The zero-order valence-electron chi connectivity index (χ0n) is 9.34. The molecule has 0 fully saturated rings. The third kappa shape index (κ3) is 1.45. The van der Waals surface area contributed by atoms with Crippen LogP contribution in [0.4, 0.5) is 0 Å². The Morgan fingerprint density at radius 3 is 2.59 bits per heavy atom. The first-order chi connectivity index (χ1) is 8.27. The normalized spacial score (nSPS) is 10.9. The summed E-state index contributed by atoms with van der Waals surface area (Å²) in [6.45, 7) is 0. The predicted molar refractivity (Wildman–Crippen MR) is 66.8 cm³/mol. The van der Waals surface area contributed by atoms with E-state index in [-0.39, 0.29) is 5.56 Å². The number of aromatic amines is 1. The van der Waals surface area contributed by atoms with E-state index in [0.29, 0.717) is 5.39 Å². The van der Waals surface area contributed by atoms with Crippen LogP contribution in [0.5, 0.6) is 0 Å². The van der Waals surface area contributed by atoms with Gasteiger partial charge in [0, 0.05) is 18.6 Å². The Labute approximate surface area is 97.5 Å². The largest absolute Gasteiger partial charge is 0.349 e. The first-order valence-electron chi connectivity index (χ1n) is 5.36. The Morgan fingerprint density at radius 1 is 1.12 bits per heavy atom. The molecule has 0 unspecified atom stereocenters. The van der Waals surface area contributed by atoms with Crippen molar-refractivity contribution in [3.8, 4) is 11.4 Å². The molecule has 0 aliphatic rings. The van der Waals surface area contributed by atoms with Crippen molar-refractivity contribution in [2.24, 2.45) is 7.05 Å². The minimum atomic E-state index is -0.154. The van der Waals surface area contributed by atoms with Gasteiger partial charge in [0.1, 0.15) is 5.69 Å². The van der Waals surface area contributed by atoms with Gasteiger partial charge in [0.05, 0.1) is 11.1 Å². The van der Waals surface area contributed by atoms with Crippen molar-refractivity contribution >= 4 is 10.8 Å². The number of aromatic nitrogens is 3. The lowest BCUT2D eigenvalue weighted by Crippen LogP contribution is -2.10. The minimum absolute atomic E-state index is 0.154. The van der Waals surface area contributed by atoms with Crippen molar-refractivity contribution in [1.82, 2.24) is 14.8 Å². The highest BCUT2D eigenvalue weighted by Crippen LogP contribution is 2.23. The van der Waals surface area contributed by atoms with Crippen LogP contribution in [0.25, 0.3) is 22.2 Å². The molecule has 4 nitrogen and oxygen atoms in total. The van der Waals surface area contributed by atoms with Crippen LogP contribution >= 0.6 is 0 Å². The average Bonchev–Trinajstić information content (AvgIpc) is 2.77. The number of benzene rings is 1. The highest BCUT2D eigenvalue weighted by molar-refractivity contribution is 5.92. The first kappa shape index (κ1) is 9.84. The van der Waals surface area contributed by atoms with Crippen LogP contribution in [0.3, 0.4) is 0 Å². The molecule has 0 amide bonds. The summed E-state index contributed by atoms with van der Waals surface area (Å²) in [5.41, 5.74) is 1.63. The summed E-state index contributed by atoms with van der Waals surface area (Å²) < 4.78 is 1.98. The molecule has 3 aromatic rings. The second-order valence-electron chi connectivity index (χ2n) is 3.95. The van der Waals surface area contributed by atoms with E-state index >= 15 is 0 Å². The van der Waals surface area contributed by atoms with Gasteiger partial charge in [0.15, 0.2) is 0 Å². The number of H-pyrrole nitrogens is 1. The Hall–Kier alpha value is -2.36. The molecule has 84 valence electrons. The molecule has 0 saturated carbocycles. The van der Waals surface area contributed by atoms with Crippen molar-refractivity contribution in [3.63, 3.8) is 0 Å². The monoisotopic (exact) mass is 225 g/mol. The number of fused-ring (bicyclic) bond motifs is 1. The lowest BCUT2D eigenvalue weighted by atomic mass is 10.1. The van der Waals surface area contributed by atoms with E-state index in [0.717, 1.165) is 16.8 Å². The molecule has 0 atom stereocenters. The van der Waals surface area contributed by atoms with Crippen LogP contribution < -0.4 is 5.56 Å². The van der Waals surface area contributed by atoms with Crippen molar-refractivity contribution in [1.29, 1.82) is 0 Å². The van der Waals surface area contributed by atoms with Crippen molar-refractivity contribution < 1.29 is 0 Å². The number of hydrogen-bond acceptors (Lipinski definition) is 2. The molecule has 2 heterocycles. The zero-order valence-corrected chi connectivity index (χ0v) is 9.34. The summed E-state index contributed by atoms with van der Waals surface area (Å²) in [4.78, 5) is 11.7. The van der Waals surface area contributed by atoms with Gasteiger partial charge in [-0.2, -0.15) is 5.10 Å². The van der Waals surface area contributed by atoms with Crippen LogP contribution in [0.15, 0.2) is 47.4 Å². The molecule has 0 aliphatic carbocycles. The molecule has 0 saturated heterocycles. The van der Waals surface area contributed by atoms with Crippen LogP contribution in [-0.4, -0.2) is 14.8 Å². The number of rotatable bonds is 1. The first-order valence-corrected chi connectivity index (χ1v) is 5.36. The van der Waals surface area contributed by atoms with E-state index < -0.39 is 0 Å². The maximum atomic E-state index is 11.7. The molecule has 0 spiro atoms. The van der Waals surface area contributed by atoms with Gasteiger partial charge >= 0.3 is 0 Å². The van der Waals surface area contributed by atoms with Gasteiger partial charge in [0.25, 0.3) is 5.56 Å². The van der Waals surface area contributed by atoms with Crippen LogP contribution in [0.1, 0.15) is 0 Å². The zero-order chi connectivity index (χ0) is 11.8. The molecule has 3 rings (SSSR count). The Balaban J connectivity index is 2.43. The van der Waals surface area contributed by atoms with E-state index in [1.54, 1.807) is 0 Å². The lowest BCUT2D eigenvalue weighted by molar-refractivity contribution is 0.917. The van der Waals surface area contributed by atoms with Crippen LogP contribution in [0, 0.1) is 0 Å². The smallest absolute Gasteiger partial charge is 0.272 e. The quantitative estimate of drug-likeness (QED) is 0.688. The molecule has 0 radical (unpaired) electrons. The molecule has 17 heavy (non-hydrogen) atoms. The fourth-order valence-electron chi connectivity index (χ4n) is 2.02. The van der Waals surface area contributed by atoms with Crippen molar-refractivity contribution in [3.05, 3.63) is 52.9 Å². The maximum absolute atomic E-state index is 11.7. The molecule has 4 heteroatoms. The van der Waals surface area contributed by atoms with E-state index in [9.17, 15) is 4.79 Å². The minimum Gasteiger partial charge on any atom is -0.349 e. The second kappa shape index (κ2) is 3.59. The third-order valence-corrected chi connectivity index (χ3v) is 2.88. The fourth-order valence-corrected chi connectivity index (χ4v) is 2.02. The maximum Gasteiger partial charge on any atom is 0.272 e. The number of hydrogen-bond donors (Lipinski definition) is 1. The molecular weight excluding hydrogens is 214 g/mol. The molecular formula is C13H11N3O. The van der Waals surface area contributed by atoms with Gasteiger partial charge < -0.3 is 4.57 Å². The van der Waals surface area contributed by atoms with E-state index in [1.165, 1.54) is 0 Å². The van der Waals surface area contributed by atoms with E-state index in [4.69, 9.17) is 0 Å². The fraction of sp³-hybridized carbons (Fsp3) is 0.0769. The van der Waals surface area contributed by atoms with Crippen molar-refractivity contribution in [2.75, 3.05) is 0 Å². The standard InChI is InChI=1S/C13H11N3O/c1-16-8-4-7-11(16)12-9-5-2-3-6-10(9)13(17)15-14-12/h2-8H,1H3,(H,15,17). The van der Waals surface area contributed by atoms with E-state index in [2.05, 4.69) is 10.2 Å². The Kier molecular flexibility index (Phi) is 2.08. The third-order valence-electron chi connectivity index (χ3n) is 2.88. The lowest BCUT2D eigenvalue weighted by Gasteiger charge is -2.05. The molecule has 1 N–H and O–H groups in total. The Morgan fingerprint density at radius 2 is 1.88 bits per heavy atom. The predicted octanol–water partition coefficient (Wildman–Crippen LogP) is 1.93. The molecule has 1 aromatic carbocycles. The van der Waals surface area contributed by atoms with Crippen LogP contribution in [0.2, 0.25) is 0 Å². The van der Waals surface area contributed by atoms with Gasteiger partial charge in [-0.1, -0.05) is 18.2 Å². The van der Waals surface area contributed by atoms with Gasteiger partial charge in [-0.3, -0.25) is 4.79 Å². The second-order valence-corrected chi connectivity index (χ2v) is 3.95. The van der Waals surface area contributed by atoms with E-state index in [1.807, 2.05) is 54.2 Å². The summed E-state index contributed by atoms with van der Waals surface area (Å²) in [5, 5.41) is 8.23. The number of nitrogens with one attached hydrogen (secondary N) is 1. The Bertz CT molecular complexity index is 740. The van der Waals surface area contributed by atoms with Gasteiger partial charge in [-0.25, -0.2) is 5.10 Å². The summed E-state index contributed by atoms with van der Waals surface area (Å²) in [5.74, 6) is 0. The SMILES string of the molecule is Cn1cccc1-c1n[nH]c(=O)c2ccccc12. The summed E-state index contributed by atoms with van der Waals surface area (Å²) in [7, 11) is 1.96. The van der Waals surface area contributed by atoms with Crippen LogP contribution in [-0.2, 0) is 7.05 Å². The van der Waals surface area contributed by atoms with Crippen molar-refractivity contribution in [2.45, 2.75) is 0 Å². The topological polar surface area (TPSA) is 50.7 Å². The van der Waals surface area contributed by atoms with Gasteiger partial charge in [0.2, 0.25) is 0 Å². The number of nitrogens with zero attached hydrogens (tertiary/aromatic N) is 2. The highest BCUT2D eigenvalue weighted by atomic mass is 16.1. The molecule has 0 bridgehead atoms. The highest BCUT2D eigenvalue weighted by Gasteiger charge is 2.09. The van der Waals surface area contributed by atoms with Gasteiger partial charge in [-0.15, -0.1) is 0 Å². The van der Waals surface area contributed by atoms with Gasteiger partial charge in [-0.05, 0) is 18.2 Å².